The van der Waals surface area contributed by atoms with Crippen molar-refractivity contribution >= 4 is 52.4 Å². The molecule has 2 N–H and O–H groups in total. The summed E-state index contributed by atoms with van der Waals surface area (Å²) < 4.78 is 10.2. The van der Waals surface area contributed by atoms with Gasteiger partial charge in [0.1, 0.15) is 16.5 Å². The van der Waals surface area contributed by atoms with Gasteiger partial charge < -0.3 is 20.1 Å². The van der Waals surface area contributed by atoms with E-state index >= 15 is 0 Å². The number of halogens is 1. The smallest absolute Gasteiger partial charge is 0.338 e. The van der Waals surface area contributed by atoms with Crippen LogP contribution in [-0.4, -0.2) is 37.4 Å². The van der Waals surface area contributed by atoms with Crippen LogP contribution in [0.5, 0.6) is 5.75 Å². The third-order valence-electron chi connectivity index (χ3n) is 5.41. The van der Waals surface area contributed by atoms with Crippen molar-refractivity contribution in [1.29, 1.82) is 0 Å². The van der Waals surface area contributed by atoms with E-state index in [1.165, 1.54) is 31.4 Å². The van der Waals surface area contributed by atoms with Crippen molar-refractivity contribution in [3.05, 3.63) is 94.7 Å². The van der Waals surface area contributed by atoms with E-state index in [2.05, 4.69) is 10.6 Å². The van der Waals surface area contributed by atoms with Crippen molar-refractivity contribution < 1.29 is 28.7 Å². The molecule has 0 saturated carbocycles. The summed E-state index contributed by atoms with van der Waals surface area (Å²) in [4.78, 5) is 51.5. The molecule has 3 aromatic rings. The van der Waals surface area contributed by atoms with Gasteiger partial charge in [-0.15, -0.1) is 0 Å². The first kappa shape index (κ1) is 25.5. The molecule has 1 aliphatic heterocycles. The first-order valence-corrected chi connectivity index (χ1v) is 11.6. The van der Waals surface area contributed by atoms with Crippen LogP contribution in [0.15, 0.2) is 83.5 Å². The molecule has 1 heterocycles. The SMILES string of the molecule is CCOC(=O)c1cccc(N2C(=O)C(Cl)=C(Nc3ccc(C(=O)Nc4ccccc4OC)cc3)C2=O)c1. The number of esters is 1. The Kier molecular flexibility index (Phi) is 7.55. The van der Waals surface area contributed by atoms with Crippen LogP contribution in [0.3, 0.4) is 0 Å². The molecule has 1 aliphatic rings. The number of imide groups is 1. The minimum Gasteiger partial charge on any atom is -0.495 e. The maximum absolute atomic E-state index is 13.1. The molecule has 0 atom stereocenters. The van der Waals surface area contributed by atoms with Crippen LogP contribution in [0.4, 0.5) is 17.1 Å². The highest BCUT2D eigenvalue weighted by Crippen LogP contribution is 2.31. The number of rotatable bonds is 8. The molecular weight excluding hydrogens is 498 g/mol. The van der Waals surface area contributed by atoms with Gasteiger partial charge in [-0.2, -0.15) is 0 Å². The Labute approximate surface area is 217 Å². The molecule has 0 saturated heterocycles. The topological polar surface area (TPSA) is 114 Å². The van der Waals surface area contributed by atoms with Gasteiger partial charge >= 0.3 is 5.97 Å². The highest BCUT2D eigenvalue weighted by Gasteiger charge is 2.39. The number of nitrogens with one attached hydrogen (secondary N) is 2. The second kappa shape index (κ2) is 11.0. The van der Waals surface area contributed by atoms with Crippen LogP contribution in [-0.2, 0) is 14.3 Å². The molecule has 3 amide bonds. The molecule has 188 valence electrons. The zero-order valence-corrected chi connectivity index (χ0v) is 20.7. The fourth-order valence-corrected chi connectivity index (χ4v) is 3.84. The van der Waals surface area contributed by atoms with Crippen molar-refractivity contribution in [2.75, 3.05) is 29.3 Å². The van der Waals surface area contributed by atoms with E-state index in [-0.39, 0.29) is 34.5 Å². The summed E-state index contributed by atoms with van der Waals surface area (Å²) in [6, 6.07) is 19.3. The van der Waals surface area contributed by atoms with Gasteiger partial charge in [0.2, 0.25) is 0 Å². The molecule has 37 heavy (non-hydrogen) atoms. The number of ether oxygens (including phenoxy) is 2. The van der Waals surface area contributed by atoms with Gasteiger partial charge in [0.05, 0.1) is 30.7 Å². The summed E-state index contributed by atoms with van der Waals surface area (Å²) in [6.07, 6.45) is 0. The lowest BCUT2D eigenvalue weighted by molar-refractivity contribution is -0.120. The molecule has 0 spiro atoms. The third-order valence-corrected chi connectivity index (χ3v) is 5.77. The van der Waals surface area contributed by atoms with Gasteiger partial charge in [-0.25, -0.2) is 9.69 Å². The zero-order valence-electron chi connectivity index (χ0n) is 19.9. The molecule has 0 fully saturated rings. The lowest BCUT2D eigenvalue weighted by Gasteiger charge is -2.16. The van der Waals surface area contributed by atoms with Crippen LogP contribution in [0.25, 0.3) is 0 Å². The Bertz CT molecular complexity index is 1420. The van der Waals surface area contributed by atoms with Crippen molar-refractivity contribution in [1.82, 2.24) is 0 Å². The van der Waals surface area contributed by atoms with E-state index in [0.717, 1.165) is 4.90 Å². The fraction of sp³-hybridized carbons (Fsp3) is 0.111. The summed E-state index contributed by atoms with van der Waals surface area (Å²) in [7, 11) is 1.51. The second-order valence-corrected chi connectivity index (χ2v) is 8.14. The minimum atomic E-state index is -0.733. The van der Waals surface area contributed by atoms with Crippen LogP contribution in [0.2, 0.25) is 0 Å². The van der Waals surface area contributed by atoms with Crippen molar-refractivity contribution in [3.8, 4) is 5.75 Å². The summed E-state index contributed by atoms with van der Waals surface area (Å²) in [5.74, 6) is -1.82. The molecule has 0 aliphatic carbocycles. The van der Waals surface area contributed by atoms with Gasteiger partial charge in [-0.3, -0.25) is 14.4 Å². The number of nitrogens with zero attached hydrogens (tertiary/aromatic N) is 1. The quantitative estimate of drug-likeness (QED) is 0.331. The number of methoxy groups -OCH3 is 1. The normalized spacial score (nSPS) is 13.0. The van der Waals surface area contributed by atoms with E-state index < -0.39 is 17.8 Å². The van der Waals surface area contributed by atoms with E-state index in [1.54, 1.807) is 55.5 Å². The average Bonchev–Trinajstić information content (AvgIpc) is 3.12. The van der Waals surface area contributed by atoms with E-state index in [9.17, 15) is 19.2 Å². The summed E-state index contributed by atoms with van der Waals surface area (Å²) in [5.41, 5.74) is 1.57. The van der Waals surface area contributed by atoms with Crippen LogP contribution < -0.4 is 20.3 Å². The Balaban J connectivity index is 1.48. The molecule has 0 bridgehead atoms. The lowest BCUT2D eigenvalue weighted by Crippen LogP contribution is -2.32. The lowest BCUT2D eigenvalue weighted by atomic mass is 10.1. The first-order chi connectivity index (χ1) is 17.8. The van der Waals surface area contributed by atoms with E-state index in [1.807, 2.05) is 0 Å². The molecule has 0 unspecified atom stereocenters. The molecule has 0 aromatic heterocycles. The van der Waals surface area contributed by atoms with Gasteiger partial charge in [-0.1, -0.05) is 29.8 Å². The summed E-state index contributed by atoms with van der Waals surface area (Å²) in [6.45, 7) is 1.86. The summed E-state index contributed by atoms with van der Waals surface area (Å²) >= 11 is 6.21. The number of para-hydroxylation sites is 2. The number of anilines is 3. The Morgan fingerprint density at radius 3 is 2.35 bits per heavy atom. The van der Waals surface area contributed by atoms with E-state index in [0.29, 0.717) is 22.7 Å². The minimum absolute atomic E-state index is 0.126. The van der Waals surface area contributed by atoms with Crippen molar-refractivity contribution in [2.24, 2.45) is 0 Å². The second-order valence-electron chi connectivity index (χ2n) is 7.76. The number of amides is 3. The number of benzene rings is 3. The monoisotopic (exact) mass is 519 g/mol. The Morgan fingerprint density at radius 2 is 1.65 bits per heavy atom. The maximum atomic E-state index is 13.1. The highest BCUT2D eigenvalue weighted by atomic mass is 35.5. The number of hydrogen-bond donors (Lipinski definition) is 2. The third kappa shape index (κ3) is 5.31. The van der Waals surface area contributed by atoms with Gasteiger partial charge in [-0.05, 0) is 61.5 Å². The van der Waals surface area contributed by atoms with Crippen molar-refractivity contribution in [2.45, 2.75) is 6.92 Å². The Hall–Kier alpha value is -4.63. The van der Waals surface area contributed by atoms with Gasteiger partial charge in [0, 0.05) is 11.3 Å². The number of carbonyl (C=O) groups is 4. The number of hydrogen-bond acceptors (Lipinski definition) is 7. The van der Waals surface area contributed by atoms with Gasteiger partial charge in [0.15, 0.2) is 0 Å². The fourth-order valence-electron chi connectivity index (χ4n) is 3.62. The molecule has 10 heteroatoms. The molecular formula is C27H22ClN3O6. The van der Waals surface area contributed by atoms with Crippen LogP contribution >= 0.6 is 11.6 Å². The Morgan fingerprint density at radius 1 is 0.919 bits per heavy atom. The largest absolute Gasteiger partial charge is 0.495 e. The molecule has 3 aromatic carbocycles. The highest BCUT2D eigenvalue weighted by molar-refractivity contribution is 6.53. The van der Waals surface area contributed by atoms with Crippen LogP contribution in [0, 0.1) is 0 Å². The maximum Gasteiger partial charge on any atom is 0.338 e. The van der Waals surface area contributed by atoms with Crippen LogP contribution in [0.1, 0.15) is 27.6 Å². The molecule has 9 nitrogen and oxygen atoms in total. The predicted molar refractivity (Wildman–Crippen MR) is 139 cm³/mol. The number of carbonyl (C=O) groups excluding carboxylic acids is 4. The first-order valence-electron chi connectivity index (χ1n) is 11.2. The summed E-state index contributed by atoms with van der Waals surface area (Å²) in [5, 5.41) is 5.33. The predicted octanol–water partition coefficient (Wildman–Crippen LogP) is 4.56. The zero-order chi connectivity index (χ0) is 26.5. The average molecular weight is 520 g/mol. The van der Waals surface area contributed by atoms with Gasteiger partial charge in [0.25, 0.3) is 17.7 Å². The van der Waals surface area contributed by atoms with Crippen molar-refractivity contribution in [3.63, 3.8) is 0 Å². The standard InChI is InChI=1S/C27H22ClN3O6/c1-3-37-27(35)17-7-6-8-19(15-17)31-25(33)22(28)23(26(31)34)29-18-13-11-16(12-14-18)24(32)30-20-9-4-5-10-21(20)36-2/h4-15,29H,3H2,1-2H3,(H,30,32). The molecule has 4 rings (SSSR count). The molecule has 0 radical (unpaired) electrons. The van der Waals surface area contributed by atoms with E-state index in [4.69, 9.17) is 21.1 Å².